The van der Waals surface area contributed by atoms with Crippen LogP contribution in [-0.4, -0.2) is 29.1 Å². The number of hydrogen-bond donors (Lipinski definition) is 0. The average Bonchev–Trinajstić information content (AvgIpc) is 3.45. The molecule has 0 aliphatic heterocycles. The van der Waals surface area contributed by atoms with Crippen molar-refractivity contribution in [2.24, 2.45) is 0 Å². The van der Waals surface area contributed by atoms with E-state index in [-0.39, 0.29) is 0 Å². The molecule has 0 unspecified atom stereocenters. The van der Waals surface area contributed by atoms with E-state index in [2.05, 4.69) is 95.9 Å². The van der Waals surface area contributed by atoms with Gasteiger partial charge in [-0.15, -0.1) is 0 Å². The van der Waals surface area contributed by atoms with E-state index < -0.39 is 0 Å². The molecule has 0 spiro atoms. The molecule has 0 saturated carbocycles. The first-order valence-corrected chi connectivity index (χ1v) is 13.4. The Hall–Kier alpha value is -4.58. The average molecular weight is 513 g/mol. The molecule has 194 valence electrons. The van der Waals surface area contributed by atoms with Crippen molar-refractivity contribution in [2.45, 2.75) is 46.1 Å². The van der Waals surface area contributed by atoms with Gasteiger partial charge in [0.1, 0.15) is 0 Å². The van der Waals surface area contributed by atoms with Crippen molar-refractivity contribution in [1.29, 1.82) is 0 Å². The fraction of sp³-hybridized carbons (Fsp3) is 0.212. The third kappa shape index (κ3) is 4.22. The molecular weight excluding hydrogens is 480 g/mol. The van der Waals surface area contributed by atoms with Crippen LogP contribution >= 0.6 is 0 Å². The summed E-state index contributed by atoms with van der Waals surface area (Å²) in [5.41, 5.74) is 7.69. The molecule has 0 bridgehead atoms. The van der Waals surface area contributed by atoms with Crippen molar-refractivity contribution >= 4 is 49.3 Å². The Kier molecular flexibility index (Phi) is 6.31. The summed E-state index contributed by atoms with van der Waals surface area (Å²) in [6.07, 6.45) is 19.8. The van der Waals surface area contributed by atoms with E-state index in [0.29, 0.717) is 11.8 Å². The van der Waals surface area contributed by atoms with Gasteiger partial charge in [0.2, 0.25) is 0 Å². The Bertz CT molecular complexity index is 1920. The van der Waals surface area contributed by atoms with E-state index in [9.17, 15) is 0 Å². The largest absolute Gasteiger partial charge is 0.336 e. The quantitative estimate of drug-likeness (QED) is 0.203. The van der Waals surface area contributed by atoms with Crippen LogP contribution in [0.15, 0.2) is 92.3 Å². The van der Waals surface area contributed by atoms with Crippen molar-refractivity contribution in [2.75, 3.05) is 0 Å². The van der Waals surface area contributed by atoms with Gasteiger partial charge in [-0.05, 0) is 48.3 Å². The fourth-order valence-electron chi connectivity index (χ4n) is 5.30. The summed E-state index contributed by atoms with van der Waals surface area (Å²) in [6, 6.07) is 8.53. The fourth-order valence-corrected chi connectivity index (χ4v) is 5.30. The molecule has 6 aromatic rings. The number of nitrogens with zero attached hydrogens (tertiary/aromatic N) is 6. The first-order chi connectivity index (χ1) is 19.0. The number of fused-ring (bicyclic) bond motifs is 6. The highest BCUT2D eigenvalue weighted by Crippen LogP contribution is 2.33. The van der Waals surface area contributed by atoms with E-state index in [0.717, 1.165) is 61.7 Å². The van der Waals surface area contributed by atoms with Gasteiger partial charge in [0.25, 0.3) is 0 Å². The molecule has 6 heterocycles. The van der Waals surface area contributed by atoms with Gasteiger partial charge in [0.05, 0.1) is 22.1 Å². The van der Waals surface area contributed by atoms with Crippen LogP contribution in [0.4, 0.5) is 0 Å². The molecule has 0 aromatic carbocycles. The van der Waals surface area contributed by atoms with Gasteiger partial charge in [0, 0.05) is 82.4 Å². The van der Waals surface area contributed by atoms with E-state index in [1.54, 1.807) is 0 Å². The summed E-state index contributed by atoms with van der Waals surface area (Å²) < 4.78 is 4.59. The molecule has 0 saturated heterocycles. The molecule has 6 nitrogen and oxygen atoms in total. The second-order valence-corrected chi connectivity index (χ2v) is 10.5. The lowest BCUT2D eigenvalue weighted by Gasteiger charge is -2.10. The summed E-state index contributed by atoms with van der Waals surface area (Å²) >= 11 is 0. The highest BCUT2D eigenvalue weighted by molar-refractivity contribution is 6.10. The van der Waals surface area contributed by atoms with Crippen LogP contribution in [0.1, 0.15) is 50.9 Å². The molecule has 6 heteroatoms. The van der Waals surface area contributed by atoms with E-state index in [1.807, 2.05) is 43.3 Å². The van der Waals surface area contributed by atoms with Gasteiger partial charge in [-0.2, -0.15) is 0 Å². The minimum absolute atomic E-state index is 0.336. The van der Waals surface area contributed by atoms with Crippen LogP contribution in [0.2, 0.25) is 0 Å². The number of allylic oxidation sites excluding steroid dienone is 5. The predicted octanol–water partition coefficient (Wildman–Crippen LogP) is 8.01. The second-order valence-electron chi connectivity index (χ2n) is 10.5. The lowest BCUT2D eigenvalue weighted by atomic mass is 10.1. The molecule has 39 heavy (non-hydrogen) atoms. The van der Waals surface area contributed by atoms with Gasteiger partial charge < -0.3 is 9.13 Å². The minimum atomic E-state index is 0.336. The highest BCUT2D eigenvalue weighted by atomic mass is 15.0. The molecule has 0 aliphatic carbocycles. The smallest absolute Gasteiger partial charge is 0.0575 e. The molecule has 0 amide bonds. The topological polar surface area (TPSA) is 61.4 Å². The number of aromatic nitrogens is 6. The van der Waals surface area contributed by atoms with Crippen LogP contribution in [0.3, 0.4) is 0 Å². The van der Waals surface area contributed by atoms with Gasteiger partial charge in [-0.3, -0.25) is 19.9 Å². The third-order valence-electron chi connectivity index (χ3n) is 7.39. The van der Waals surface area contributed by atoms with E-state index in [1.165, 1.54) is 5.52 Å². The standard InChI is InChI=1S/C33H32N6/c1-6-23(39-31-11-13-35-18-25(31)27-20-37-29(22(4)5)16-33(27)39)9-7-8-14-38-30-10-12-34-17-24(30)26-19-36-28(21(2)3)15-32(26)38/h6-13,15-22H,1,14H2,2-5H3/b8-7-,23-9+. The second kappa shape index (κ2) is 9.95. The van der Waals surface area contributed by atoms with Gasteiger partial charge in [-0.25, -0.2) is 0 Å². The van der Waals surface area contributed by atoms with Crippen molar-refractivity contribution in [1.82, 2.24) is 29.1 Å². The van der Waals surface area contributed by atoms with Crippen molar-refractivity contribution < 1.29 is 0 Å². The maximum Gasteiger partial charge on any atom is 0.0575 e. The minimum Gasteiger partial charge on any atom is -0.336 e. The van der Waals surface area contributed by atoms with Crippen molar-refractivity contribution in [3.05, 3.63) is 104 Å². The Morgan fingerprint density at radius 1 is 0.769 bits per heavy atom. The molecule has 0 aliphatic rings. The zero-order valence-corrected chi connectivity index (χ0v) is 22.8. The first kappa shape index (κ1) is 24.7. The summed E-state index contributed by atoms with van der Waals surface area (Å²) in [6.45, 7) is 13.6. The summed E-state index contributed by atoms with van der Waals surface area (Å²) in [4.78, 5) is 18.2. The summed E-state index contributed by atoms with van der Waals surface area (Å²) in [5.74, 6) is 0.698. The Morgan fingerprint density at radius 2 is 1.33 bits per heavy atom. The highest BCUT2D eigenvalue weighted by Gasteiger charge is 2.15. The Morgan fingerprint density at radius 3 is 1.97 bits per heavy atom. The lowest BCUT2D eigenvalue weighted by molar-refractivity contribution is 0.821. The van der Waals surface area contributed by atoms with Crippen LogP contribution in [-0.2, 0) is 6.54 Å². The number of pyridine rings is 4. The molecule has 0 N–H and O–H groups in total. The monoisotopic (exact) mass is 512 g/mol. The van der Waals surface area contributed by atoms with Crippen LogP contribution in [0.5, 0.6) is 0 Å². The number of hydrogen-bond acceptors (Lipinski definition) is 4. The molecule has 6 aromatic heterocycles. The van der Waals surface area contributed by atoms with Crippen molar-refractivity contribution in [3.8, 4) is 0 Å². The third-order valence-corrected chi connectivity index (χ3v) is 7.39. The van der Waals surface area contributed by atoms with Crippen molar-refractivity contribution in [3.63, 3.8) is 0 Å². The van der Waals surface area contributed by atoms with E-state index >= 15 is 0 Å². The lowest BCUT2D eigenvalue weighted by Crippen LogP contribution is -1.98. The summed E-state index contributed by atoms with van der Waals surface area (Å²) in [5, 5.41) is 4.43. The van der Waals surface area contributed by atoms with E-state index in [4.69, 9.17) is 9.97 Å². The SMILES string of the molecule is C=C/C(=C\C=C/Cn1c2ccncc2c2cnc(C(C)C)cc21)n1c2ccncc2c2cnc(C(C)C)cc21. The number of rotatable bonds is 7. The van der Waals surface area contributed by atoms with Gasteiger partial charge in [-0.1, -0.05) is 46.4 Å². The zero-order valence-electron chi connectivity index (χ0n) is 22.8. The Balaban J connectivity index is 1.43. The molecular formula is C33H32N6. The molecule has 0 fully saturated rings. The molecule has 0 radical (unpaired) electrons. The predicted molar refractivity (Wildman–Crippen MR) is 162 cm³/mol. The van der Waals surface area contributed by atoms with Gasteiger partial charge in [0.15, 0.2) is 0 Å². The molecule has 0 atom stereocenters. The first-order valence-electron chi connectivity index (χ1n) is 13.4. The van der Waals surface area contributed by atoms with Crippen LogP contribution in [0, 0.1) is 0 Å². The zero-order chi connectivity index (χ0) is 27.1. The Labute approximate surface area is 228 Å². The maximum absolute atomic E-state index is 4.71. The maximum atomic E-state index is 4.71. The normalized spacial score (nSPS) is 12.8. The van der Waals surface area contributed by atoms with Gasteiger partial charge >= 0.3 is 0 Å². The van der Waals surface area contributed by atoms with Crippen LogP contribution in [0.25, 0.3) is 49.3 Å². The van der Waals surface area contributed by atoms with Crippen LogP contribution < -0.4 is 0 Å². The molecule has 6 rings (SSSR count). The summed E-state index contributed by atoms with van der Waals surface area (Å²) in [7, 11) is 0.